The Balaban J connectivity index is 1.97. The van der Waals surface area contributed by atoms with Crippen LogP contribution in [0.25, 0.3) is 16.9 Å². The van der Waals surface area contributed by atoms with Crippen molar-refractivity contribution in [3.05, 3.63) is 66.4 Å². The number of aromatic nitrogens is 2. The third-order valence-electron chi connectivity index (χ3n) is 3.78. The Bertz CT molecular complexity index is 763. The first-order valence-electron chi connectivity index (χ1n) is 8.39. The van der Waals surface area contributed by atoms with Crippen LogP contribution >= 0.6 is 0 Å². The zero-order valence-electron chi connectivity index (χ0n) is 14.0. The molecule has 24 heavy (non-hydrogen) atoms. The monoisotopic (exact) mass is 321 g/mol. The Labute approximate surface area is 142 Å². The summed E-state index contributed by atoms with van der Waals surface area (Å²) in [5.41, 5.74) is 9.92. The van der Waals surface area contributed by atoms with Gasteiger partial charge in [-0.15, -0.1) is 0 Å². The van der Waals surface area contributed by atoms with Gasteiger partial charge < -0.3 is 10.5 Å². The summed E-state index contributed by atoms with van der Waals surface area (Å²) in [6.45, 7) is 3.43. The normalized spacial score (nSPS) is 10.8. The van der Waals surface area contributed by atoms with Gasteiger partial charge in [0.05, 0.1) is 23.7 Å². The second-order valence-corrected chi connectivity index (χ2v) is 5.68. The number of ether oxygens (including phenoxy) is 1. The lowest BCUT2D eigenvalue weighted by Gasteiger charge is -2.09. The van der Waals surface area contributed by atoms with Crippen LogP contribution in [0, 0.1) is 0 Å². The van der Waals surface area contributed by atoms with E-state index >= 15 is 0 Å². The minimum absolute atomic E-state index is 0.592. The standard InChI is InChI=1S/C20H23N3O/c1-2-14-24-19-10-8-18(9-11-19)23-20(15-17(22-23)12-13-21)16-6-4-3-5-7-16/h3-11,15H,2,12-14,21H2,1H3. The van der Waals surface area contributed by atoms with E-state index < -0.39 is 0 Å². The van der Waals surface area contributed by atoms with Crippen LogP contribution in [0.1, 0.15) is 19.0 Å². The lowest BCUT2D eigenvalue weighted by molar-refractivity contribution is 0.317. The van der Waals surface area contributed by atoms with E-state index in [1.807, 2.05) is 47.1 Å². The topological polar surface area (TPSA) is 53.1 Å². The molecule has 0 fully saturated rings. The Hall–Kier alpha value is -2.59. The van der Waals surface area contributed by atoms with Crippen LogP contribution in [0.2, 0.25) is 0 Å². The quantitative estimate of drug-likeness (QED) is 0.719. The molecular weight excluding hydrogens is 298 g/mol. The predicted octanol–water partition coefficient (Wildman–Crippen LogP) is 3.83. The van der Waals surface area contributed by atoms with Crippen LogP contribution in [-0.4, -0.2) is 22.9 Å². The summed E-state index contributed by atoms with van der Waals surface area (Å²) in [7, 11) is 0. The highest BCUT2D eigenvalue weighted by Crippen LogP contribution is 2.25. The summed E-state index contributed by atoms with van der Waals surface area (Å²) in [5, 5.41) is 4.73. The highest BCUT2D eigenvalue weighted by atomic mass is 16.5. The van der Waals surface area contributed by atoms with Gasteiger partial charge in [0.25, 0.3) is 0 Å². The number of rotatable bonds is 7. The number of hydrogen-bond donors (Lipinski definition) is 1. The van der Waals surface area contributed by atoms with E-state index in [0.717, 1.165) is 47.8 Å². The number of hydrogen-bond acceptors (Lipinski definition) is 3. The first-order chi connectivity index (χ1) is 11.8. The maximum Gasteiger partial charge on any atom is 0.119 e. The minimum atomic E-state index is 0.592. The average Bonchev–Trinajstić information content (AvgIpc) is 3.05. The zero-order valence-corrected chi connectivity index (χ0v) is 14.0. The van der Waals surface area contributed by atoms with Crippen LogP contribution < -0.4 is 10.5 Å². The molecule has 2 N–H and O–H groups in total. The fourth-order valence-corrected chi connectivity index (χ4v) is 2.62. The molecule has 0 aliphatic rings. The van der Waals surface area contributed by atoms with E-state index in [1.54, 1.807) is 0 Å². The second kappa shape index (κ2) is 7.79. The van der Waals surface area contributed by atoms with Crippen LogP contribution in [0.4, 0.5) is 0 Å². The van der Waals surface area contributed by atoms with Crippen molar-refractivity contribution in [1.82, 2.24) is 9.78 Å². The molecule has 1 heterocycles. The summed E-state index contributed by atoms with van der Waals surface area (Å²) in [6.07, 6.45) is 1.77. The van der Waals surface area contributed by atoms with E-state index in [0.29, 0.717) is 6.54 Å². The molecule has 4 heteroatoms. The smallest absolute Gasteiger partial charge is 0.119 e. The zero-order chi connectivity index (χ0) is 16.8. The van der Waals surface area contributed by atoms with Crippen LogP contribution in [0.5, 0.6) is 5.75 Å². The van der Waals surface area contributed by atoms with Gasteiger partial charge >= 0.3 is 0 Å². The minimum Gasteiger partial charge on any atom is -0.494 e. The molecule has 0 unspecified atom stereocenters. The molecule has 3 rings (SSSR count). The maximum atomic E-state index is 5.70. The van der Waals surface area contributed by atoms with Crippen molar-refractivity contribution >= 4 is 0 Å². The average molecular weight is 321 g/mol. The molecule has 4 nitrogen and oxygen atoms in total. The summed E-state index contributed by atoms with van der Waals surface area (Å²) in [5.74, 6) is 0.885. The van der Waals surface area contributed by atoms with Gasteiger partial charge in [0.15, 0.2) is 0 Å². The number of nitrogens with two attached hydrogens (primary N) is 1. The molecule has 0 atom stereocenters. The van der Waals surface area contributed by atoms with Gasteiger partial charge in [-0.25, -0.2) is 4.68 Å². The van der Waals surface area contributed by atoms with Crippen LogP contribution in [-0.2, 0) is 6.42 Å². The first-order valence-corrected chi connectivity index (χ1v) is 8.39. The fraction of sp³-hybridized carbons (Fsp3) is 0.250. The fourth-order valence-electron chi connectivity index (χ4n) is 2.62. The van der Waals surface area contributed by atoms with Crippen molar-refractivity contribution in [2.24, 2.45) is 5.73 Å². The van der Waals surface area contributed by atoms with E-state index in [9.17, 15) is 0 Å². The van der Waals surface area contributed by atoms with Gasteiger partial charge in [-0.3, -0.25) is 0 Å². The van der Waals surface area contributed by atoms with Crippen LogP contribution in [0.15, 0.2) is 60.7 Å². The molecule has 0 saturated carbocycles. The van der Waals surface area contributed by atoms with Gasteiger partial charge in [-0.05, 0) is 43.3 Å². The molecule has 3 aromatic rings. The largest absolute Gasteiger partial charge is 0.494 e. The van der Waals surface area contributed by atoms with Crippen molar-refractivity contribution in [3.8, 4) is 22.7 Å². The molecule has 0 radical (unpaired) electrons. The third kappa shape index (κ3) is 3.66. The predicted molar refractivity (Wildman–Crippen MR) is 97.5 cm³/mol. The Morgan fingerprint density at radius 3 is 2.46 bits per heavy atom. The van der Waals surface area contributed by atoms with Crippen molar-refractivity contribution < 1.29 is 4.74 Å². The molecule has 124 valence electrons. The molecular formula is C20H23N3O. The van der Waals surface area contributed by atoms with Crippen molar-refractivity contribution in [1.29, 1.82) is 0 Å². The lowest BCUT2D eigenvalue weighted by atomic mass is 10.1. The summed E-state index contributed by atoms with van der Waals surface area (Å²) < 4.78 is 7.63. The molecule has 0 saturated heterocycles. The van der Waals surface area contributed by atoms with Crippen molar-refractivity contribution in [2.75, 3.05) is 13.2 Å². The Morgan fingerprint density at radius 1 is 1.04 bits per heavy atom. The number of benzene rings is 2. The SMILES string of the molecule is CCCOc1ccc(-n2nc(CCN)cc2-c2ccccc2)cc1. The summed E-state index contributed by atoms with van der Waals surface area (Å²) in [4.78, 5) is 0. The van der Waals surface area contributed by atoms with Crippen molar-refractivity contribution in [2.45, 2.75) is 19.8 Å². The maximum absolute atomic E-state index is 5.70. The molecule has 1 aromatic heterocycles. The van der Waals surface area contributed by atoms with E-state index in [4.69, 9.17) is 15.6 Å². The summed E-state index contributed by atoms with van der Waals surface area (Å²) in [6, 6.07) is 20.5. The second-order valence-electron chi connectivity index (χ2n) is 5.68. The van der Waals surface area contributed by atoms with Gasteiger partial charge in [0.1, 0.15) is 5.75 Å². The molecule has 2 aromatic carbocycles. The molecule has 0 aliphatic heterocycles. The molecule has 0 bridgehead atoms. The van der Waals surface area contributed by atoms with Gasteiger partial charge in [-0.2, -0.15) is 5.10 Å². The van der Waals surface area contributed by atoms with Gasteiger partial charge in [-0.1, -0.05) is 37.3 Å². The molecule has 0 amide bonds. The molecule has 0 spiro atoms. The van der Waals surface area contributed by atoms with E-state index in [2.05, 4.69) is 25.1 Å². The summed E-state index contributed by atoms with van der Waals surface area (Å²) >= 11 is 0. The van der Waals surface area contributed by atoms with Crippen LogP contribution in [0.3, 0.4) is 0 Å². The number of nitrogens with zero attached hydrogens (tertiary/aromatic N) is 2. The Kier molecular flexibility index (Phi) is 5.29. The Morgan fingerprint density at radius 2 is 1.79 bits per heavy atom. The van der Waals surface area contributed by atoms with E-state index in [1.165, 1.54) is 0 Å². The highest BCUT2D eigenvalue weighted by molar-refractivity contribution is 5.62. The lowest BCUT2D eigenvalue weighted by Crippen LogP contribution is -2.04. The van der Waals surface area contributed by atoms with Crippen molar-refractivity contribution in [3.63, 3.8) is 0 Å². The van der Waals surface area contributed by atoms with E-state index in [-0.39, 0.29) is 0 Å². The first kappa shape index (κ1) is 16.3. The third-order valence-corrected chi connectivity index (χ3v) is 3.78. The van der Waals surface area contributed by atoms with Gasteiger partial charge in [0, 0.05) is 12.0 Å². The highest BCUT2D eigenvalue weighted by Gasteiger charge is 2.11. The van der Waals surface area contributed by atoms with Gasteiger partial charge in [0.2, 0.25) is 0 Å². The molecule has 0 aliphatic carbocycles.